The number of esters is 1. The molecule has 6 N–H and O–H groups in total. The second-order valence-corrected chi connectivity index (χ2v) is 7.81. The van der Waals surface area contributed by atoms with Crippen molar-refractivity contribution in [3.63, 3.8) is 0 Å². The molecular weight excluding hydrogens is 420 g/mol. The second kappa shape index (κ2) is 10.3. The lowest BCUT2D eigenvalue weighted by atomic mass is 9.99. The highest BCUT2D eigenvalue weighted by molar-refractivity contribution is 7.12. The zero-order valence-corrected chi connectivity index (χ0v) is 17.5. The van der Waals surface area contributed by atoms with Crippen LogP contribution in [0.1, 0.15) is 35.5 Å². The summed E-state index contributed by atoms with van der Waals surface area (Å²) in [6.07, 6.45) is -8.54. The molecule has 0 aromatic carbocycles. The third-order valence-corrected chi connectivity index (χ3v) is 5.62. The van der Waals surface area contributed by atoms with Crippen LogP contribution in [0.5, 0.6) is 0 Å². The zero-order valence-electron chi connectivity index (χ0n) is 16.7. The number of nitrogens with one attached hydrogen (secondary N) is 2. The number of amides is 1. The first-order valence-corrected chi connectivity index (χ1v) is 10.2. The van der Waals surface area contributed by atoms with Crippen LogP contribution in [0.15, 0.2) is 5.38 Å². The van der Waals surface area contributed by atoms with E-state index < -0.39 is 48.7 Å². The molecule has 11 nitrogen and oxygen atoms in total. The Morgan fingerprint density at radius 3 is 2.50 bits per heavy atom. The highest BCUT2D eigenvalue weighted by atomic mass is 32.1. The zero-order chi connectivity index (χ0) is 22.6. The van der Waals surface area contributed by atoms with E-state index in [9.17, 15) is 29.7 Å². The number of carbonyl (C=O) groups is 3. The van der Waals surface area contributed by atoms with Crippen molar-refractivity contribution in [2.75, 3.05) is 11.9 Å². The third kappa shape index (κ3) is 5.33. The molecule has 1 saturated heterocycles. The molecule has 1 aliphatic rings. The number of anilines is 1. The third-order valence-electron chi connectivity index (χ3n) is 4.54. The molecule has 168 valence electrons. The van der Waals surface area contributed by atoms with E-state index >= 15 is 0 Å². The lowest BCUT2D eigenvalue weighted by molar-refractivity contribution is -0.278. The lowest BCUT2D eigenvalue weighted by Crippen LogP contribution is -2.60. The Bertz CT molecular complexity index is 784. The van der Waals surface area contributed by atoms with Crippen molar-refractivity contribution in [1.82, 2.24) is 5.32 Å². The molecule has 30 heavy (non-hydrogen) atoms. The van der Waals surface area contributed by atoms with E-state index in [-0.39, 0.29) is 16.5 Å². The van der Waals surface area contributed by atoms with Gasteiger partial charge in [0.15, 0.2) is 6.10 Å². The summed E-state index contributed by atoms with van der Waals surface area (Å²) in [5.74, 6) is -2.95. The SMILES string of the molecule is CCCNC(C)C(=O)Nc1c(C)csc1C(=O)O[C@@H]1O[C@H](C(=O)O)[C@@H](O)[C@H](O)[C@H]1O. The van der Waals surface area contributed by atoms with Crippen LogP contribution < -0.4 is 10.6 Å². The first kappa shape index (κ1) is 24.2. The van der Waals surface area contributed by atoms with Crippen molar-refractivity contribution in [2.45, 2.75) is 63.9 Å². The van der Waals surface area contributed by atoms with Crippen molar-refractivity contribution in [1.29, 1.82) is 0 Å². The highest BCUT2D eigenvalue weighted by Crippen LogP contribution is 2.30. The summed E-state index contributed by atoms with van der Waals surface area (Å²) >= 11 is 0.979. The fraction of sp³-hybridized carbons (Fsp3) is 0.611. The van der Waals surface area contributed by atoms with E-state index in [0.717, 1.165) is 17.8 Å². The molecule has 0 aliphatic carbocycles. The number of ether oxygens (including phenoxy) is 2. The molecule has 1 aromatic heterocycles. The Kier molecular flexibility index (Phi) is 8.29. The summed E-state index contributed by atoms with van der Waals surface area (Å²) < 4.78 is 10.00. The molecule has 0 spiro atoms. The van der Waals surface area contributed by atoms with Gasteiger partial charge in [-0.25, -0.2) is 9.59 Å². The van der Waals surface area contributed by atoms with E-state index in [1.54, 1.807) is 19.2 Å². The van der Waals surface area contributed by atoms with Crippen molar-refractivity contribution >= 4 is 34.9 Å². The van der Waals surface area contributed by atoms with Gasteiger partial charge in [-0.2, -0.15) is 0 Å². The molecule has 0 bridgehead atoms. The second-order valence-electron chi connectivity index (χ2n) is 6.93. The maximum Gasteiger partial charge on any atom is 0.352 e. The fourth-order valence-electron chi connectivity index (χ4n) is 2.74. The van der Waals surface area contributed by atoms with Crippen LogP contribution in [0.25, 0.3) is 0 Å². The summed E-state index contributed by atoms with van der Waals surface area (Å²) in [4.78, 5) is 36.2. The van der Waals surface area contributed by atoms with Gasteiger partial charge >= 0.3 is 11.9 Å². The van der Waals surface area contributed by atoms with E-state index in [1.165, 1.54) is 0 Å². The first-order valence-electron chi connectivity index (χ1n) is 9.34. The summed E-state index contributed by atoms with van der Waals surface area (Å²) in [5, 5.41) is 45.9. The van der Waals surface area contributed by atoms with Crippen molar-refractivity contribution in [3.05, 3.63) is 15.8 Å². The molecule has 1 unspecified atom stereocenters. The van der Waals surface area contributed by atoms with Gasteiger partial charge in [-0.3, -0.25) is 4.79 Å². The summed E-state index contributed by atoms with van der Waals surface area (Å²) in [6.45, 7) is 5.96. The number of hydrogen-bond donors (Lipinski definition) is 6. The van der Waals surface area contributed by atoms with Crippen LogP contribution in [0, 0.1) is 6.92 Å². The molecule has 1 fully saturated rings. The summed E-state index contributed by atoms with van der Waals surface area (Å²) in [7, 11) is 0. The molecule has 0 saturated carbocycles. The van der Waals surface area contributed by atoms with Gasteiger partial charge in [0, 0.05) is 0 Å². The van der Waals surface area contributed by atoms with E-state index in [1.807, 2.05) is 6.92 Å². The quantitative estimate of drug-likeness (QED) is 0.284. The molecule has 1 amide bonds. The monoisotopic (exact) mass is 446 g/mol. The summed E-state index contributed by atoms with van der Waals surface area (Å²) in [6, 6.07) is -0.510. The molecular formula is C18H26N2O9S. The number of aryl methyl sites for hydroxylation is 1. The van der Waals surface area contributed by atoms with Gasteiger partial charge in [-0.15, -0.1) is 11.3 Å². The van der Waals surface area contributed by atoms with Crippen molar-refractivity contribution in [2.24, 2.45) is 0 Å². The number of carboxylic acids is 1. The maximum atomic E-state index is 12.6. The number of aliphatic carboxylic acids is 1. The number of carbonyl (C=O) groups excluding carboxylic acids is 2. The van der Waals surface area contributed by atoms with Gasteiger partial charge in [-0.05, 0) is 37.8 Å². The van der Waals surface area contributed by atoms with E-state index in [0.29, 0.717) is 12.1 Å². The fourth-order valence-corrected chi connectivity index (χ4v) is 3.63. The lowest BCUT2D eigenvalue weighted by Gasteiger charge is -2.37. The minimum Gasteiger partial charge on any atom is -0.479 e. The average molecular weight is 446 g/mol. The van der Waals surface area contributed by atoms with Gasteiger partial charge < -0.3 is 40.5 Å². The van der Waals surface area contributed by atoms with Gasteiger partial charge in [0.05, 0.1) is 11.7 Å². The number of thiophene rings is 1. The molecule has 12 heteroatoms. The molecule has 2 rings (SSSR count). The Hall–Kier alpha value is -2.09. The average Bonchev–Trinajstić information content (AvgIpc) is 3.06. The predicted octanol–water partition coefficient (Wildman–Crippen LogP) is -0.568. The van der Waals surface area contributed by atoms with Crippen LogP contribution in [0.2, 0.25) is 0 Å². The van der Waals surface area contributed by atoms with Crippen LogP contribution in [-0.4, -0.2) is 81.6 Å². The molecule has 1 aromatic rings. The van der Waals surface area contributed by atoms with Gasteiger partial charge in [0.25, 0.3) is 0 Å². The minimum absolute atomic E-state index is 0.00632. The molecule has 1 aliphatic heterocycles. The van der Waals surface area contributed by atoms with Gasteiger partial charge in [-0.1, -0.05) is 6.92 Å². The predicted molar refractivity (Wildman–Crippen MR) is 105 cm³/mol. The Morgan fingerprint density at radius 2 is 1.90 bits per heavy atom. The smallest absolute Gasteiger partial charge is 0.352 e. The van der Waals surface area contributed by atoms with E-state index in [4.69, 9.17) is 14.6 Å². The molecule has 2 heterocycles. The number of hydrogen-bond acceptors (Lipinski definition) is 10. The minimum atomic E-state index is -1.90. The van der Waals surface area contributed by atoms with Gasteiger partial charge in [0.1, 0.15) is 23.2 Å². The Labute approximate surface area is 176 Å². The number of carboxylic acid groups (broad SMARTS) is 1. The highest BCUT2D eigenvalue weighted by Gasteiger charge is 2.48. The summed E-state index contributed by atoms with van der Waals surface area (Å²) in [5.41, 5.74) is 0.827. The van der Waals surface area contributed by atoms with Gasteiger partial charge in [0.2, 0.25) is 12.2 Å². The number of rotatable bonds is 8. The Balaban J connectivity index is 2.14. The van der Waals surface area contributed by atoms with Crippen molar-refractivity contribution in [3.8, 4) is 0 Å². The largest absolute Gasteiger partial charge is 0.479 e. The molecule has 0 radical (unpaired) electrons. The standard InChI is InChI=1S/C18H26N2O9S/c1-4-5-19-8(3)15(24)20-9-7(2)6-30-14(9)17(27)29-18-12(23)10(21)11(22)13(28-18)16(25)26/h6,8,10-13,18-19,21-23H,4-5H2,1-3H3,(H,20,24)(H,25,26)/t8?,10-,11-,12+,13-,18-/m0/s1. The Morgan fingerprint density at radius 1 is 1.23 bits per heavy atom. The molecule has 6 atom stereocenters. The first-order chi connectivity index (χ1) is 14.1. The van der Waals surface area contributed by atoms with Crippen LogP contribution in [0.3, 0.4) is 0 Å². The number of aliphatic hydroxyl groups is 3. The van der Waals surface area contributed by atoms with Crippen LogP contribution in [-0.2, 0) is 19.1 Å². The van der Waals surface area contributed by atoms with Crippen LogP contribution in [0.4, 0.5) is 5.69 Å². The van der Waals surface area contributed by atoms with Crippen molar-refractivity contribution < 1.29 is 44.3 Å². The van der Waals surface area contributed by atoms with Crippen LogP contribution >= 0.6 is 11.3 Å². The maximum absolute atomic E-state index is 12.6. The van der Waals surface area contributed by atoms with E-state index in [2.05, 4.69) is 10.6 Å². The number of aliphatic hydroxyl groups excluding tert-OH is 3. The normalized spacial score (nSPS) is 27.3. The topological polar surface area (TPSA) is 175 Å².